The van der Waals surface area contributed by atoms with Gasteiger partial charge in [0.05, 0.1) is 6.61 Å². The van der Waals surface area contributed by atoms with Crippen molar-refractivity contribution in [1.82, 2.24) is 0 Å². The molecule has 0 spiro atoms. The number of carbonyl (C=O) groups excluding carboxylic acids is 2. The van der Waals surface area contributed by atoms with Crippen LogP contribution < -0.4 is 4.74 Å². The molecule has 0 heterocycles. The molecule has 4 nitrogen and oxygen atoms in total. The van der Waals surface area contributed by atoms with E-state index in [0.717, 1.165) is 22.8 Å². The van der Waals surface area contributed by atoms with E-state index in [-0.39, 0.29) is 5.97 Å². The van der Waals surface area contributed by atoms with Gasteiger partial charge >= 0.3 is 11.9 Å². The van der Waals surface area contributed by atoms with E-state index >= 15 is 0 Å². The maximum absolute atomic E-state index is 11.4. The molecule has 0 saturated heterocycles. The van der Waals surface area contributed by atoms with Crippen molar-refractivity contribution < 1.29 is 19.1 Å². The summed E-state index contributed by atoms with van der Waals surface area (Å²) in [5.74, 6) is -0.0560. The Morgan fingerprint density at radius 3 is 2.35 bits per heavy atom. The second-order valence-corrected chi connectivity index (χ2v) is 4.51. The maximum Gasteiger partial charge on any atom is 0.330 e. The van der Waals surface area contributed by atoms with E-state index < -0.39 is 5.97 Å². The molecule has 0 N–H and O–H groups in total. The standard InChI is InChI=1S/C16H20O4/c1-5-14(17)19-8-7-13-9-11(3)16(12(4)10-13)20-15(18)6-2/h5,9-10H,1,6-8H2,2-4H3. The van der Waals surface area contributed by atoms with Gasteiger partial charge in [0.15, 0.2) is 0 Å². The van der Waals surface area contributed by atoms with Crippen molar-refractivity contribution in [1.29, 1.82) is 0 Å². The van der Waals surface area contributed by atoms with Gasteiger partial charge in [-0.3, -0.25) is 4.79 Å². The second-order valence-electron chi connectivity index (χ2n) is 4.51. The highest BCUT2D eigenvalue weighted by molar-refractivity contribution is 5.81. The van der Waals surface area contributed by atoms with Crippen molar-refractivity contribution in [3.05, 3.63) is 41.5 Å². The SMILES string of the molecule is C=CC(=O)OCCc1cc(C)c(OC(=O)CC)c(C)c1. The van der Waals surface area contributed by atoms with Crippen LogP contribution in [0.2, 0.25) is 0 Å². The van der Waals surface area contributed by atoms with Crippen LogP contribution in [0, 0.1) is 13.8 Å². The van der Waals surface area contributed by atoms with Crippen LogP contribution in [0.1, 0.15) is 30.0 Å². The summed E-state index contributed by atoms with van der Waals surface area (Å²) in [7, 11) is 0. The van der Waals surface area contributed by atoms with Gasteiger partial charge in [-0.1, -0.05) is 25.6 Å². The largest absolute Gasteiger partial charge is 0.462 e. The molecule has 0 unspecified atom stereocenters. The minimum absolute atomic E-state index is 0.246. The minimum atomic E-state index is -0.424. The number of esters is 2. The van der Waals surface area contributed by atoms with Crippen LogP contribution in [0.3, 0.4) is 0 Å². The van der Waals surface area contributed by atoms with Gasteiger partial charge < -0.3 is 9.47 Å². The van der Waals surface area contributed by atoms with Crippen molar-refractivity contribution >= 4 is 11.9 Å². The fraction of sp³-hybridized carbons (Fsp3) is 0.375. The van der Waals surface area contributed by atoms with Crippen molar-refractivity contribution in [2.45, 2.75) is 33.6 Å². The third-order valence-corrected chi connectivity index (χ3v) is 2.83. The third-order valence-electron chi connectivity index (χ3n) is 2.83. The van der Waals surface area contributed by atoms with E-state index in [1.165, 1.54) is 0 Å². The van der Waals surface area contributed by atoms with Crippen LogP contribution in [0.15, 0.2) is 24.8 Å². The van der Waals surface area contributed by atoms with Crippen molar-refractivity contribution in [3.63, 3.8) is 0 Å². The predicted octanol–water partition coefficient (Wildman–Crippen LogP) is 2.89. The van der Waals surface area contributed by atoms with E-state index in [9.17, 15) is 9.59 Å². The van der Waals surface area contributed by atoms with Gasteiger partial charge in [0, 0.05) is 18.9 Å². The zero-order chi connectivity index (χ0) is 15.1. The first-order valence-electron chi connectivity index (χ1n) is 6.58. The maximum atomic E-state index is 11.4. The smallest absolute Gasteiger partial charge is 0.330 e. The topological polar surface area (TPSA) is 52.6 Å². The van der Waals surface area contributed by atoms with Crippen LogP contribution >= 0.6 is 0 Å². The second kappa shape index (κ2) is 7.48. The van der Waals surface area contributed by atoms with E-state index in [2.05, 4.69) is 6.58 Å². The Morgan fingerprint density at radius 1 is 1.25 bits per heavy atom. The molecule has 20 heavy (non-hydrogen) atoms. The first-order valence-corrected chi connectivity index (χ1v) is 6.58. The molecule has 0 atom stereocenters. The highest BCUT2D eigenvalue weighted by Gasteiger charge is 2.10. The monoisotopic (exact) mass is 276 g/mol. The molecule has 4 heteroatoms. The summed E-state index contributed by atoms with van der Waals surface area (Å²) in [6, 6.07) is 3.88. The lowest BCUT2D eigenvalue weighted by atomic mass is 10.0. The number of rotatable bonds is 6. The van der Waals surface area contributed by atoms with Crippen LogP contribution in [0.5, 0.6) is 5.75 Å². The molecule has 1 aromatic carbocycles. The molecule has 0 fully saturated rings. The summed E-state index contributed by atoms with van der Waals surface area (Å²) >= 11 is 0. The Labute approximate surface area is 119 Å². The lowest BCUT2D eigenvalue weighted by Crippen LogP contribution is -2.09. The Hall–Kier alpha value is -2.10. The van der Waals surface area contributed by atoms with Crippen LogP contribution in [0.25, 0.3) is 0 Å². The zero-order valence-electron chi connectivity index (χ0n) is 12.2. The average Bonchev–Trinajstić information content (AvgIpc) is 2.42. The summed E-state index contributed by atoms with van der Waals surface area (Å²) in [6.07, 6.45) is 2.10. The number of hydrogen-bond donors (Lipinski definition) is 0. The van der Waals surface area contributed by atoms with E-state index in [4.69, 9.17) is 9.47 Å². The first-order chi connectivity index (χ1) is 9.47. The number of carbonyl (C=O) groups is 2. The Morgan fingerprint density at radius 2 is 1.85 bits per heavy atom. The average molecular weight is 276 g/mol. The van der Waals surface area contributed by atoms with Crippen molar-refractivity contribution in [2.75, 3.05) is 6.61 Å². The van der Waals surface area contributed by atoms with Gasteiger partial charge in [0.2, 0.25) is 0 Å². The molecule has 0 aliphatic heterocycles. The lowest BCUT2D eigenvalue weighted by Gasteiger charge is -2.12. The quantitative estimate of drug-likeness (QED) is 0.455. The lowest BCUT2D eigenvalue weighted by molar-refractivity contribution is -0.137. The van der Waals surface area contributed by atoms with Gasteiger partial charge in [-0.05, 0) is 30.5 Å². The molecular weight excluding hydrogens is 256 g/mol. The summed E-state index contributed by atoms with van der Waals surface area (Å²) in [5, 5.41) is 0. The molecule has 0 radical (unpaired) electrons. The zero-order valence-corrected chi connectivity index (χ0v) is 12.2. The summed E-state index contributed by atoms with van der Waals surface area (Å²) < 4.78 is 10.2. The fourth-order valence-electron chi connectivity index (χ4n) is 1.86. The van der Waals surface area contributed by atoms with Gasteiger partial charge in [0.25, 0.3) is 0 Å². The molecule has 0 aromatic heterocycles. The van der Waals surface area contributed by atoms with Gasteiger partial charge in [0.1, 0.15) is 5.75 Å². The first kappa shape index (κ1) is 16.0. The number of benzene rings is 1. The van der Waals surface area contributed by atoms with Gasteiger partial charge in [-0.2, -0.15) is 0 Å². The van der Waals surface area contributed by atoms with Gasteiger partial charge in [-0.15, -0.1) is 0 Å². The fourth-order valence-corrected chi connectivity index (χ4v) is 1.86. The van der Waals surface area contributed by atoms with Gasteiger partial charge in [-0.25, -0.2) is 4.79 Å². The highest BCUT2D eigenvalue weighted by Crippen LogP contribution is 2.25. The molecule has 0 aliphatic rings. The molecule has 1 aromatic rings. The number of hydrogen-bond acceptors (Lipinski definition) is 4. The molecular formula is C16H20O4. The van der Waals surface area contributed by atoms with Crippen molar-refractivity contribution in [2.24, 2.45) is 0 Å². The highest BCUT2D eigenvalue weighted by atomic mass is 16.5. The van der Waals surface area contributed by atoms with Crippen molar-refractivity contribution in [3.8, 4) is 5.75 Å². The van der Waals surface area contributed by atoms with Crippen LogP contribution in [-0.2, 0) is 20.7 Å². The molecule has 0 bridgehead atoms. The third kappa shape index (κ3) is 4.53. The normalized spacial score (nSPS) is 9.95. The van der Waals surface area contributed by atoms with E-state index in [1.807, 2.05) is 26.0 Å². The summed E-state index contributed by atoms with van der Waals surface area (Å²) in [4.78, 5) is 22.3. The molecule has 108 valence electrons. The number of aryl methyl sites for hydroxylation is 2. The molecule has 0 aliphatic carbocycles. The van der Waals surface area contributed by atoms with E-state index in [1.54, 1.807) is 6.92 Å². The number of ether oxygens (including phenoxy) is 2. The Balaban J connectivity index is 2.75. The van der Waals surface area contributed by atoms with Crippen LogP contribution in [0.4, 0.5) is 0 Å². The Kier molecular flexibility index (Phi) is 5.97. The molecule has 0 amide bonds. The minimum Gasteiger partial charge on any atom is -0.462 e. The molecule has 1 rings (SSSR count). The Bertz CT molecular complexity index is 494. The summed E-state index contributed by atoms with van der Waals surface area (Å²) in [5.41, 5.74) is 2.84. The summed E-state index contributed by atoms with van der Waals surface area (Å²) in [6.45, 7) is 9.19. The predicted molar refractivity (Wildman–Crippen MR) is 76.7 cm³/mol. The van der Waals surface area contributed by atoms with Crippen LogP contribution in [-0.4, -0.2) is 18.5 Å². The van der Waals surface area contributed by atoms with E-state index in [0.29, 0.717) is 25.2 Å². The molecule has 0 saturated carbocycles.